The van der Waals surface area contributed by atoms with Crippen molar-refractivity contribution in [2.75, 3.05) is 44.2 Å². The van der Waals surface area contributed by atoms with Crippen LogP contribution in [0.3, 0.4) is 0 Å². The summed E-state index contributed by atoms with van der Waals surface area (Å²) in [7, 11) is 0. The molecule has 0 unspecified atom stereocenters. The van der Waals surface area contributed by atoms with E-state index in [4.69, 9.17) is 4.98 Å². The molecule has 2 heterocycles. The maximum atomic E-state index is 13.6. The standard InChI is InChI=1S/C32H36FN5O.2ClH/c1-23-9-7-12-29(24(23)2)37-21-19-36(20-22-37)18-8-17-34-32(39)30-25(3)38(28-15-13-27(33)14-16-28)31(35-30)26-10-5-4-6-11-26;;/h4-7,9-16H,8,17-22H2,1-3H3,(H,34,39);2*1H. The zero-order chi connectivity index (χ0) is 27.4. The number of hydrogen-bond donors (Lipinski definition) is 1. The van der Waals surface area contributed by atoms with Crippen molar-refractivity contribution < 1.29 is 9.18 Å². The third-order valence-corrected chi connectivity index (χ3v) is 7.67. The molecule has 41 heavy (non-hydrogen) atoms. The van der Waals surface area contributed by atoms with Crippen LogP contribution in [0.5, 0.6) is 0 Å². The number of imidazole rings is 1. The Morgan fingerprint density at radius 1 is 0.878 bits per heavy atom. The molecule has 5 rings (SSSR count). The molecule has 0 aliphatic carbocycles. The second kappa shape index (κ2) is 14.5. The predicted molar refractivity (Wildman–Crippen MR) is 170 cm³/mol. The summed E-state index contributed by atoms with van der Waals surface area (Å²) in [5, 5.41) is 3.07. The van der Waals surface area contributed by atoms with Gasteiger partial charge >= 0.3 is 0 Å². The summed E-state index contributed by atoms with van der Waals surface area (Å²) in [6.45, 7) is 11.8. The number of anilines is 1. The molecule has 1 saturated heterocycles. The van der Waals surface area contributed by atoms with E-state index in [0.29, 0.717) is 18.1 Å². The highest BCUT2D eigenvalue weighted by atomic mass is 35.5. The van der Waals surface area contributed by atoms with E-state index < -0.39 is 0 Å². The number of benzene rings is 3. The molecule has 1 N–H and O–H groups in total. The van der Waals surface area contributed by atoms with Crippen LogP contribution in [0.4, 0.5) is 10.1 Å². The van der Waals surface area contributed by atoms with Gasteiger partial charge < -0.3 is 10.2 Å². The van der Waals surface area contributed by atoms with Crippen molar-refractivity contribution in [1.29, 1.82) is 0 Å². The molecule has 1 aliphatic heterocycles. The van der Waals surface area contributed by atoms with Crippen molar-refractivity contribution in [3.63, 3.8) is 0 Å². The molecule has 218 valence electrons. The summed E-state index contributed by atoms with van der Waals surface area (Å²) in [5.74, 6) is 0.166. The molecule has 1 amide bonds. The maximum absolute atomic E-state index is 13.6. The SMILES string of the molecule is Cc1cccc(N2CCN(CCCNC(=O)c3nc(-c4ccccc4)n(-c4ccc(F)cc4)c3C)CC2)c1C.Cl.Cl. The molecule has 0 atom stereocenters. The number of amides is 1. The van der Waals surface area contributed by atoms with Crippen molar-refractivity contribution in [2.45, 2.75) is 27.2 Å². The first kappa shape index (κ1) is 32.1. The quantitative estimate of drug-likeness (QED) is 0.239. The van der Waals surface area contributed by atoms with Gasteiger partial charge in [0.1, 0.15) is 17.3 Å². The highest BCUT2D eigenvalue weighted by molar-refractivity contribution is 5.94. The normalized spacial score (nSPS) is 13.3. The van der Waals surface area contributed by atoms with Crippen LogP contribution in [-0.4, -0.2) is 59.6 Å². The fraction of sp³-hybridized carbons (Fsp3) is 0.312. The minimum atomic E-state index is -0.303. The largest absolute Gasteiger partial charge is 0.369 e. The van der Waals surface area contributed by atoms with Gasteiger partial charge in [-0.25, -0.2) is 9.37 Å². The molecule has 9 heteroatoms. The van der Waals surface area contributed by atoms with Crippen LogP contribution >= 0.6 is 24.8 Å². The Hall–Kier alpha value is -3.39. The average Bonchev–Trinajstić information content (AvgIpc) is 3.31. The Bertz CT molecular complexity index is 1430. The summed E-state index contributed by atoms with van der Waals surface area (Å²) in [6.07, 6.45) is 0.873. The third-order valence-electron chi connectivity index (χ3n) is 7.67. The van der Waals surface area contributed by atoms with Crippen LogP contribution in [0.2, 0.25) is 0 Å². The number of carbonyl (C=O) groups excluding carboxylic acids is 1. The monoisotopic (exact) mass is 597 g/mol. The van der Waals surface area contributed by atoms with Crippen molar-refractivity contribution in [3.05, 3.63) is 101 Å². The summed E-state index contributed by atoms with van der Waals surface area (Å²) in [6, 6.07) is 22.5. The van der Waals surface area contributed by atoms with Crippen molar-refractivity contribution >= 4 is 36.4 Å². The molecular weight excluding hydrogens is 560 g/mol. The van der Waals surface area contributed by atoms with Gasteiger partial charge in [-0.1, -0.05) is 42.5 Å². The van der Waals surface area contributed by atoms with Crippen molar-refractivity contribution in [1.82, 2.24) is 19.8 Å². The van der Waals surface area contributed by atoms with Gasteiger partial charge in [-0.05, 0) is 75.2 Å². The Morgan fingerprint density at radius 2 is 1.56 bits per heavy atom. The summed E-state index contributed by atoms with van der Waals surface area (Å²) < 4.78 is 15.5. The van der Waals surface area contributed by atoms with Gasteiger partial charge in [-0.2, -0.15) is 0 Å². The second-order valence-corrected chi connectivity index (χ2v) is 10.2. The smallest absolute Gasteiger partial charge is 0.271 e. The number of aromatic nitrogens is 2. The van der Waals surface area contributed by atoms with Crippen LogP contribution in [0, 0.1) is 26.6 Å². The Labute approximate surface area is 254 Å². The van der Waals surface area contributed by atoms with Crippen LogP contribution in [0.25, 0.3) is 17.1 Å². The molecule has 4 aromatic rings. The van der Waals surface area contributed by atoms with Crippen molar-refractivity contribution in [2.24, 2.45) is 0 Å². The lowest BCUT2D eigenvalue weighted by atomic mass is 10.1. The second-order valence-electron chi connectivity index (χ2n) is 10.2. The van der Waals surface area contributed by atoms with Gasteiger partial charge in [-0.15, -0.1) is 24.8 Å². The number of rotatable bonds is 8. The predicted octanol–water partition coefficient (Wildman–Crippen LogP) is 6.39. The number of piperazine rings is 1. The van der Waals surface area contributed by atoms with E-state index in [1.165, 1.54) is 28.9 Å². The lowest BCUT2D eigenvalue weighted by molar-refractivity contribution is 0.0946. The van der Waals surface area contributed by atoms with Crippen LogP contribution in [0.15, 0.2) is 72.8 Å². The van der Waals surface area contributed by atoms with Gasteiger partial charge in [0, 0.05) is 49.7 Å². The number of carbonyl (C=O) groups is 1. The van der Waals surface area contributed by atoms with E-state index >= 15 is 0 Å². The van der Waals surface area contributed by atoms with E-state index in [2.05, 4.69) is 47.2 Å². The fourth-order valence-electron chi connectivity index (χ4n) is 5.28. The zero-order valence-corrected chi connectivity index (χ0v) is 25.4. The van der Waals surface area contributed by atoms with Crippen LogP contribution in [0.1, 0.15) is 33.7 Å². The van der Waals surface area contributed by atoms with Gasteiger partial charge in [0.25, 0.3) is 5.91 Å². The zero-order valence-electron chi connectivity index (χ0n) is 23.8. The van der Waals surface area contributed by atoms with Crippen LogP contribution in [-0.2, 0) is 0 Å². The summed E-state index contributed by atoms with van der Waals surface area (Å²) in [4.78, 5) is 22.9. The number of hydrogen-bond acceptors (Lipinski definition) is 4. The lowest BCUT2D eigenvalue weighted by Gasteiger charge is -2.37. The van der Waals surface area contributed by atoms with Gasteiger partial charge in [0.2, 0.25) is 0 Å². The molecule has 6 nitrogen and oxygen atoms in total. The Kier molecular flexibility index (Phi) is 11.4. The number of aryl methyl sites for hydroxylation is 1. The summed E-state index contributed by atoms with van der Waals surface area (Å²) in [5.41, 5.74) is 6.80. The molecule has 0 spiro atoms. The minimum Gasteiger partial charge on any atom is -0.369 e. The molecule has 3 aromatic carbocycles. The minimum absolute atomic E-state index is 0. The first-order chi connectivity index (χ1) is 18.9. The van der Waals surface area contributed by atoms with E-state index in [9.17, 15) is 9.18 Å². The number of halogens is 3. The Balaban J connectivity index is 0.00000231. The third kappa shape index (κ3) is 7.28. The maximum Gasteiger partial charge on any atom is 0.271 e. The number of nitrogens with one attached hydrogen (secondary N) is 1. The molecule has 1 aromatic heterocycles. The van der Waals surface area contributed by atoms with Gasteiger partial charge in [0.15, 0.2) is 0 Å². The summed E-state index contributed by atoms with van der Waals surface area (Å²) >= 11 is 0. The topological polar surface area (TPSA) is 53.4 Å². The van der Waals surface area contributed by atoms with Crippen LogP contribution < -0.4 is 10.2 Å². The molecule has 0 bridgehead atoms. The van der Waals surface area contributed by atoms with E-state index in [1.54, 1.807) is 12.1 Å². The van der Waals surface area contributed by atoms with Gasteiger partial charge in [-0.3, -0.25) is 14.3 Å². The molecule has 0 radical (unpaired) electrons. The molecule has 1 aliphatic rings. The van der Waals surface area contributed by atoms with E-state index in [0.717, 1.165) is 56.1 Å². The first-order valence-corrected chi connectivity index (χ1v) is 13.6. The fourth-order valence-corrected chi connectivity index (χ4v) is 5.28. The van der Waals surface area contributed by atoms with E-state index in [1.807, 2.05) is 41.8 Å². The lowest BCUT2D eigenvalue weighted by Crippen LogP contribution is -2.47. The highest BCUT2D eigenvalue weighted by Crippen LogP contribution is 2.27. The Morgan fingerprint density at radius 3 is 2.24 bits per heavy atom. The average molecular weight is 599 g/mol. The van der Waals surface area contributed by atoms with E-state index in [-0.39, 0.29) is 36.5 Å². The molecule has 1 fully saturated rings. The number of nitrogens with zero attached hydrogens (tertiary/aromatic N) is 4. The molecule has 0 saturated carbocycles. The van der Waals surface area contributed by atoms with Gasteiger partial charge in [0.05, 0.1) is 5.69 Å². The first-order valence-electron chi connectivity index (χ1n) is 13.6. The van der Waals surface area contributed by atoms with Crippen molar-refractivity contribution in [3.8, 4) is 17.1 Å². The highest BCUT2D eigenvalue weighted by Gasteiger charge is 2.22. The molecular formula is C32H38Cl2FN5O.